The topological polar surface area (TPSA) is 48.5 Å². The summed E-state index contributed by atoms with van der Waals surface area (Å²) < 4.78 is 4.06. The molecule has 108 valence electrons. The molecule has 21 heavy (non-hydrogen) atoms. The maximum atomic E-state index is 4.53. The Morgan fingerprint density at radius 2 is 1.95 bits per heavy atom. The average Bonchev–Trinajstić information content (AvgIpc) is 3.14. The Hall–Kier alpha value is -2.43. The van der Waals surface area contributed by atoms with Crippen LogP contribution in [0.2, 0.25) is 0 Å². The molecule has 3 rings (SSSR count). The van der Waals surface area contributed by atoms with Gasteiger partial charge in [-0.3, -0.25) is 4.68 Å². The Balaban J connectivity index is 1.74. The molecule has 0 aliphatic carbocycles. The summed E-state index contributed by atoms with van der Waals surface area (Å²) in [6.07, 6.45) is 5.84. The van der Waals surface area contributed by atoms with Crippen molar-refractivity contribution in [1.82, 2.24) is 24.5 Å². The molecule has 2 aromatic heterocycles. The monoisotopic (exact) mass is 281 g/mol. The third kappa shape index (κ3) is 3.02. The van der Waals surface area contributed by atoms with Crippen LogP contribution in [0.15, 0.2) is 48.9 Å². The van der Waals surface area contributed by atoms with Crippen LogP contribution in [0.3, 0.4) is 0 Å². The van der Waals surface area contributed by atoms with Crippen LogP contribution in [0.25, 0.3) is 0 Å². The average molecular weight is 281 g/mol. The van der Waals surface area contributed by atoms with Crippen molar-refractivity contribution in [2.45, 2.75) is 32.9 Å². The molecular formula is C16H19N5. The van der Waals surface area contributed by atoms with Gasteiger partial charge in [0.1, 0.15) is 5.82 Å². The first kappa shape index (κ1) is 13.5. The fourth-order valence-electron chi connectivity index (χ4n) is 2.50. The first-order chi connectivity index (χ1) is 10.2. The van der Waals surface area contributed by atoms with Gasteiger partial charge in [-0.05, 0) is 12.5 Å². The summed E-state index contributed by atoms with van der Waals surface area (Å²) in [7, 11) is 0. The highest BCUT2D eigenvalue weighted by atomic mass is 15.4. The number of rotatable bonds is 5. The van der Waals surface area contributed by atoms with Gasteiger partial charge in [0.25, 0.3) is 0 Å². The fourth-order valence-corrected chi connectivity index (χ4v) is 2.50. The smallest absolute Gasteiger partial charge is 0.115 e. The van der Waals surface area contributed by atoms with Gasteiger partial charge in [-0.15, -0.1) is 5.10 Å². The van der Waals surface area contributed by atoms with Crippen LogP contribution in [-0.4, -0.2) is 24.5 Å². The Kier molecular flexibility index (Phi) is 3.81. The standard InChI is InChI=1S/C16H19N5/c1-13-12-21(19-18-13)11-10-20-9-8-17-16(20)14(2)15-6-4-3-5-7-15/h3-9,12,14H,10-11H2,1-2H3. The molecule has 0 fully saturated rings. The van der Waals surface area contributed by atoms with Gasteiger partial charge in [-0.2, -0.15) is 0 Å². The number of aryl methyl sites for hydroxylation is 3. The maximum Gasteiger partial charge on any atom is 0.115 e. The number of benzene rings is 1. The van der Waals surface area contributed by atoms with Crippen LogP contribution >= 0.6 is 0 Å². The second kappa shape index (κ2) is 5.91. The van der Waals surface area contributed by atoms with Crippen LogP contribution < -0.4 is 0 Å². The van der Waals surface area contributed by atoms with E-state index in [0.29, 0.717) is 0 Å². The minimum Gasteiger partial charge on any atom is -0.333 e. The molecule has 2 heterocycles. The highest BCUT2D eigenvalue weighted by Gasteiger charge is 2.13. The van der Waals surface area contributed by atoms with Crippen molar-refractivity contribution in [2.75, 3.05) is 0 Å². The first-order valence-corrected chi connectivity index (χ1v) is 7.17. The van der Waals surface area contributed by atoms with Crippen molar-refractivity contribution in [3.05, 3.63) is 66.0 Å². The number of imidazole rings is 1. The number of hydrogen-bond donors (Lipinski definition) is 0. The molecule has 0 aliphatic rings. The van der Waals surface area contributed by atoms with Crippen LogP contribution in [0.5, 0.6) is 0 Å². The lowest BCUT2D eigenvalue weighted by Crippen LogP contribution is -2.12. The van der Waals surface area contributed by atoms with Crippen LogP contribution in [0.1, 0.15) is 29.9 Å². The summed E-state index contributed by atoms with van der Waals surface area (Å²) in [5, 5.41) is 8.09. The second-order valence-electron chi connectivity index (χ2n) is 5.23. The van der Waals surface area contributed by atoms with Crippen molar-refractivity contribution in [1.29, 1.82) is 0 Å². The Morgan fingerprint density at radius 1 is 1.14 bits per heavy atom. The molecule has 0 amide bonds. The number of aromatic nitrogens is 5. The fraction of sp³-hybridized carbons (Fsp3) is 0.312. The SMILES string of the molecule is Cc1cn(CCn2ccnc2C(C)c2ccccc2)nn1. The molecule has 3 aromatic rings. The third-order valence-electron chi connectivity index (χ3n) is 3.66. The highest BCUT2D eigenvalue weighted by Crippen LogP contribution is 2.22. The van der Waals surface area contributed by atoms with E-state index in [9.17, 15) is 0 Å². The lowest BCUT2D eigenvalue weighted by molar-refractivity contribution is 0.504. The minimum atomic E-state index is 0.277. The molecular weight excluding hydrogens is 262 g/mol. The first-order valence-electron chi connectivity index (χ1n) is 7.17. The van der Waals surface area contributed by atoms with Crippen LogP contribution in [0, 0.1) is 6.92 Å². The van der Waals surface area contributed by atoms with E-state index < -0.39 is 0 Å². The Labute approximate surface area is 124 Å². The maximum absolute atomic E-state index is 4.53. The molecule has 0 radical (unpaired) electrons. The predicted molar refractivity (Wildman–Crippen MR) is 80.9 cm³/mol. The van der Waals surface area contributed by atoms with Gasteiger partial charge >= 0.3 is 0 Å². The molecule has 1 aromatic carbocycles. The van der Waals surface area contributed by atoms with Gasteiger partial charge in [0.2, 0.25) is 0 Å². The molecule has 5 heteroatoms. The van der Waals surface area contributed by atoms with Crippen molar-refractivity contribution in [3.8, 4) is 0 Å². The predicted octanol–water partition coefficient (Wildman–Crippen LogP) is 2.64. The van der Waals surface area contributed by atoms with E-state index in [1.165, 1.54) is 5.56 Å². The van der Waals surface area contributed by atoms with E-state index in [1.807, 2.05) is 36.3 Å². The lowest BCUT2D eigenvalue weighted by Gasteiger charge is -2.14. The zero-order valence-electron chi connectivity index (χ0n) is 12.3. The van der Waals surface area contributed by atoms with E-state index in [-0.39, 0.29) is 5.92 Å². The summed E-state index contributed by atoms with van der Waals surface area (Å²) in [5.41, 5.74) is 2.22. The molecule has 0 N–H and O–H groups in total. The highest BCUT2D eigenvalue weighted by molar-refractivity contribution is 5.24. The van der Waals surface area contributed by atoms with Gasteiger partial charge in [-0.25, -0.2) is 4.98 Å². The largest absolute Gasteiger partial charge is 0.333 e. The number of nitrogens with zero attached hydrogens (tertiary/aromatic N) is 5. The zero-order valence-corrected chi connectivity index (χ0v) is 12.3. The lowest BCUT2D eigenvalue weighted by atomic mass is 10.0. The Bertz CT molecular complexity index is 698. The molecule has 1 unspecified atom stereocenters. The summed E-state index contributed by atoms with van der Waals surface area (Å²) in [5.74, 6) is 1.36. The van der Waals surface area contributed by atoms with Crippen molar-refractivity contribution < 1.29 is 0 Å². The van der Waals surface area contributed by atoms with Crippen molar-refractivity contribution >= 4 is 0 Å². The van der Waals surface area contributed by atoms with E-state index >= 15 is 0 Å². The Morgan fingerprint density at radius 3 is 2.67 bits per heavy atom. The van der Waals surface area contributed by atoms with Gasteiger partial charge in [-0.1, -0.05) is 42.5 Å². The summed E-state index contributed by atoms with van der Waals surface area (Å²) >= 11 is 0. The molecule has 0 saturated carbocycles. The molecule has 0 saturated heterocycles. The molecule has 5 nitrogen and oxygen atoms in total. The molecule has 0 bridgehead atoms. The van der Waals surface area contributed by atoms with E-state index in [1.54, 1.807) is 0 Å². The van der Waals surface area contributed by atoms with Gasteiger partial charge in [0, 0.05) is 31.1 Å². The van der Waals surface area contributed by atoms with E-state index in [2.05, 4.69) is 51.1 Å². The van der Waals surface area contributed by atoms with E-state index in [0.717, 1.165) is 24.6 Å². The van der Waals surface area contributed by atoms with Crippen LogP contribution in [0.4, 0.5) is 0 Å². The summed E-state index contributed by atoms with van der Waals surface area (Å²) in [6.45, 7) is 5.78. The van der Waals surface area contributed by atoms with Gasteiger partial charge < -0.3 is 4.57 Å². The number of hydrogen-bond acceptors (Lipinski definition) is 3. The summed E-state index contributed by atoms with van der Waals surface area (Å²) in [4.78, 5) is 4.53. The van der Waals surface area contributed by atoms with Crippen molar-refractivity contribution in [2.24, 2.45) is 0 Å². The zero-order chi connectivity index (χ0) is 14.7. The molecule has 1 atom stereocenters. The van der Waals surface area contributed by atoms with E-state index in [4.69, 9.17) is 0 Å². The van der Waals surface area contributed by atoms with Crippen LogP contribution in [-0.2, 0) is 13.1 Å². The van der Waals surface area contributed by atoms with Crippen molar-refractivity contribution in [3.63, 3.8) is 0 Å². The summed E-state index contributed by atoms with van der Waals surface area (Å²) in [6, 6.07) is 10.5. The molecule has 0 spiro atoms. The van der Waals surface area contributed by atoms with Gasteiger partial charge in [0.05, 0.1) is 12.2 Å². The van der Waals surface area contributed by atoms with Gasteiger partial charge in [0.15, 0.2) is 0 Å². The quantitative estimate of drug-likeness (QED) is 0.722. The minimum absolute atomic E-state index is 0.277. The molecule has 0 aliphatic heterocycles. The third-order valence-corrected chi connectivity index (χ3v) is 3.66. The normalized spacial score (nSPS) is 12.5. The second-order valence-corrected chi connectivity index (χ2v) is 5.23.